The third-order valence-corrected chi connectivity index (χ3v) is 6.04. The van der Waals surface area contributed by atoms with E-state index in [0.29, 0.717) is 19.8 Å². The highest BCUT2D eigenvalue weighted by atomic mass is 16.6. The topological polar surface area (TPSA) is 50.8 Å². The van der Waals surface area contributed by atoms with Gasteiger partial charge in [0.25, 0.3) is 0 Å². The summed E-state index contributed by atoms with van der Waals surface area (Å²) in [5.74, 6) is 1.69. The van der Waals surface area contributed by atoms with E-state index in [2.05, 4.69) is 34.5 Å². The van der Waals surface area contributed by atoms with Crippen LogP contribution in [0.1, 0.15) is 42.0 Å². The number of fused-ring (bicyclic) bond motifs is 2. The first-order valence-corrected chi connectivity index (χ1v) is 10.3. The average molecular weight is 378 g/mol. The number of rotatable bonds is 4. The van der Waals surface area contributed by atoms with Crippen molar-refractivity contribution in [3.63, 3.8) is 0 Å². The first-order valence-electron chi connectivity index (χ1n) is 10.3. The highest BCUT2D eigenvalue weighted by molar-refractivity contribution is 5.92. The van der Waals surface area contributed by atoms with Gasteiger partial charge in [0, 0.05) is 11.7 Å². The fraction of sp³-hybridized carbons (Fsp3) is 0.435. The molecule has 146 valence electrons. The number of ether oxygens (including phenoxy) is 2. The predicted octanol–water partition coefficient (Wildman–Crippen LogP) is 3.72. The molecule has 1 fully saturated rings. The molecule has 0 bridgehead atoms. The van der Waals surface area contributed by atoms with E-state index >= 15 is 0 Å². The Bertz CT molecular complexity index is 895. The predicted molar refractivity (Wildman–Crippen MR) is 108 cm³/mol. The molecule has 0 saturated carbocycles. The number of nitrogens with zero attached hydrogens (tertiary/aromatic N) is 1. The van der Waals surface area contributed by atoms with E-state index in [9.17, 15) is 4.79 Å². The molecule has 28 heavy (non-hydrogen) atoms. The fourth-order valence-corrected chi connectivity index (χ4v) is 4.69. The molecule has 5 rings (SSSR count). The van der Waals surface area contributed by atoms with Gasteiger partial charge in [0.05, 0.1) is 6.54 Å². The molecule has 5 nitrogen and oxygen atoms in total. The number of hydrogen-bond donors (Lipinski definition) is 1. The van der Waals surface area contributed by atoms with Crippen LogP contribution < -0.4 is 14.8 Å². The maximum Gasteiger partial charge on any atom is 0.238 e. The summed E-state index contributed by atoms with van der Waals surface area (Å²) >= 11 is 0. The molecule has 1 aliphatic carbocycles. The van der Waals surface area contributed by atoms with Crippen molar-refractivity contribution >= 4 is 11.6 Å². The highest BCUT2D eigenvalue weighted by Gasteiger charge is 2.29. The number of carbonyl (C=O) groups excluding carboxylic acids is 1. The van der Waals surface area contributed by atoms with Gasteiger partial charge < -0.3 is 14.8 Å². The molecule has 0 aromatic heterocycles. The lowest BCUT2D eigenvalue weighted by Crippen LogP contribution is -2.33. The zero-order chi connectivity index (χ0) is 18.9. The molecular weight excluding hydrogens is 352 g/mol. The van der Waals surface area contributed by atoms with Gasteiger partial charge in [-0.3, -0.25) is 9.69 Å². The summed E-state index contributed by atoms with van der Waals surface area (Å²) in [5, 5.41) is 3.10. The standard InChI is InChI=1S/C23H26N2O3/c26-23(24-19-8-6-16-3-1-4-17(16)13-19)15-25-10-2-5-20(25)18-7-9-21-22(14-18)28-12-11-27-21/h6-9,13-14,20H,1-5,10-12,15H2,(H,24,26)/t20-/m1/s1. The number of benzene rings is 2. The Morgan fingerprint density at radius 2 is 1.86 bits per heavy atom. The minimum Gasteiger partial charge on any atom is -0.486 e. The molecule has 2 heterocycles. The van der Waals surface area contributed by atoms with Crippen LogP contribution in [0.2, 0.25) is 0 Å². The van der Waals surface area contributed by atoms with E-state index in [1.807, 2.05) is 12.1 Å². The van der Waals surface area contributed by atoms with Gasteiger partial charge >= 0.3 is 0 Å². The van der Waals surface area contributed by atoms with Crippen LogP contribution >= 0.6 is 0 Å². The number of likely N-dealkylation sites (tertiary alicyclic amines) is 1. The quantitative estimate of drug-likeness (QED) is 0.881. The first kappa shape index (κ1) is 17.6. The van der Waals surface area contributed by atoms with E-state index in [4.69, 9.17) is 9.47 Å². The van der Waals surface area contributed by atoms with Crippen molar-refractivity contribution < 1.29 is 14.3 Å². The van der Waals surface area contributed by atoms with E-state index < -0.39 is 0 Å². The zero-order valence-electron chi connectivity index (χ0n) is 16.1. The summed E-state index contributed by atoms with van der Waals surface area (Å²) < 4.78 is 11.4. The van der Waals surface area contributed by atoms with E-state index in [1.54, 1.807) is 0 Å². The van der Waals surface area contributed by atoms with Gasteiger partial charge in [-0.15, -0.1) is 0 Å². The van der Waals surface area contributed by atoms with Crippen LogP contribution in [-0.4, -0.2) is 37.1 Å². The fourth-order valence-electron chi connectivity index (χ4n) is 4.69. The van der Waals surface area contributed by atoms with Crippen molar-refractivity contribution in [1.82, 2.24) is 4.90 Å². The molecule has 2 aromatic rings. The Morgan fingerprint density at radius 1 is 1.00 bits per heavy atom. The molecule has 1 atom stereocenters. The summed E-state index contributed by atoms with van der Waals surface area (Å²) in [4.78, 5) is 15.0. The van der Waals surface area contributed by atoms with E-state index in [-0.39, 0.29) is 11.9 Å². The number of amides is 1. The minimum atomic E-state index is 0.0578. The van der Waals surface area contributed by atoms with Crippen LogP contribution in [0.15, 0.2) is 36.4 Å². The highest BCUT2D eigenvalue weighted by Crippen LogP contribution is 2.38. The van der Waals surface area contributed by atoms with Crippen LogP contribution in [0.5, 0.6) is 11.5 Å². The molecular formula is C23H26N2O3. The number of hydrogen-bond acceptors (Lipinski definition) is 4. The number of carbonyl (C=O) groups is 1. The minimum absolute atomic E-state index is 0.0578. The summed E-state index contributed by atoms with van der Waals surface area (Å²) in [7, 11) is 0. The van der Waals surface area contributed by atoms with Crippen LogP contribution in [0, 0.1) is 0 Å². The Hall–Kier alpha value is -2.53. The van der Waals surface area contributed by atoms with Gasteiger partial charge in [0.15, 0.2) is 11.5 Å². The van der Waals surface area contributed by atoms with Crippen LogP contribution in [0.3, 0.4) is 0 Å². The van der Waals surface area contributed by atoms with Crippen molar-refractivity contribution in [2.75, 3.05) is 31.6 Å². The Morgan fingerprint density at radius 3 is 2.79 bits per heavy atom. The molecule has 5 heteroatoms. The van der Waals surface area contributed by atoms with E-state index in [1.165, 1.54) is 23.1 Å². The van der Waals surface area contributed by atoms with Crippen molar-refractivity contribution in [2.24, 2.45) is 0 Å². The summed E-state index contributed by atoms with van der Waals surface area (Å²) in [5.41, 5.74) is 4.93. The van der Waals surface area contributed by atoms with Gasteiger partial charge in [-0.05, 0) is 79.6 Å². The summed E-state index contributed by atoms with van der Waals surface area (Å²) in [6.45, 7) is 2.55. The van der Waals surface area contributed by atoms with Crippen molar-refractivity contribution in [1.29, 1.82) is 0 Å². The smallest absolute Gasteiger partial charge is 0.238 e. The van der Waals surface area contributed by atoms with Crippen molar-refractivity contribution in [3.8, 4) is 11.5 Å². The van der Waals surface area contributed by atoms with Gasteiger partial charge in [-0.2, -0.15) is 0 Å². The lowest BCUT2D eigenvalue weighted by atomic mass is 10.0. The van der Waals surface area contributed by atoms with Gasteiger partial charge in [0.2, 0.25) is 5.91 Å². The van der Waals surface area contributed by atoms with Gasteiger partial charge in [0.1, 0.15) is 13.2 Å². The second-order valence-corrected chi connectivity index (χ2v) is 7.92. The zero-order valence-corrected chi connectivity index (χ0v) is 16.1. The molecule has 0 spiro atoms. The van der Waals surface area contributed by atoms with Crippen molar-refractivity contribution in [2.45, 2.75) is 38.1 Å². The molecule has 0 unspecified atom stereocenters. The Balaban J connectivity index is 1.26. The molecule has 2 aliphatic heterocycles. The SMILES string of the molecule is O=C(CN1CCC[C@@H]1c1ccc2c(c1)OCCO2)Nc1ccc2c(c1)CCC2. The second-order valence-electron chi connectivity index (χ2n) is 7.92. The maximum absolute atomic E-state index is 12.7. The Labute approximate surface area is 165 Å². The van der Waals surface area contributed by atoms with Gasteiger partial charge in [-0.1, -0.05) is 12.1 Å². The third kappa shape index (κ3) is 3.47. The summed E-state index contributed by atoms with van der Waals surface area (Å²) in [6, 6.07) is 12.8. The molecule has 0 radical (unpaired) electrons. The molecule has 1 N–H and O–H groups in total. The second kappa shape index (κ2) is 7.47. The average Bonchev–Trinajstić information content (AvgIpc) is 3.36. The lowest BCUT2D eigenvalue weighted by Gasteiger charge is -2.26. The summed E-state index contributed by atoms with van der Waals surface area (Å²) in [6.07, 6.45) is 5.67. The van der Waals surface area contributed by atoms with Crippen LogP contribution in [0.4, 0.5) is 5.69 Å². The largest absolute Gasteiger partial charge is 0.486 e. The Kier molecular flexibility index (Phi) is 4.69. The normalized spacial score (nSPS) is 20.8. The first-order chi connectivity index (χ1) is 13.8. The van der Waals surface area contributed by atoms with E-state index in [0.717, 1.165) is 49.4 Å². The molecule has 1 saturated heterocycles. The monoisotopic (exact) mass is 378 g/mol. The third-order valence-electron chi connectivity index (χ3n) is 6.04. The molecule has 3 aliphatic rings. The number of aryl methyl sites for hydroxylation is 2. The number of anilines is 1. The molecule has 1 amide bonds. The van der Waals surface area contributed by atoms with Gasteiger partial charge in [-0.25, -0.2) is 0 Å². The maximum atomic E-state index is 12.7. The van der Waals surface area contributed by atoms with Crippen LogP contribution in [-0.2, 0) is 17.6 Å². The number of nitrogens with one attached hydrogen (secondary N) is 1. The lowest BCUT2D eigenvalue weighted by molar-refractivity contribution is -0.117. The van der Waals surface area contributed by atoms with Crippen molar-refractivity contribution in [3.05, 3.63) is 53.1 Å². The van der Waals surface area contributed by atoms with Crippen LogP contribution in [0.25, 0.3) is 0 Å². The molecule has 2 aromatic carbocycles.